The van der Waals surface area contributed by atoms with Gasteiger partial charge in [0.25, 0.3) is 5.91 Å². The van der Waals surface area contributed by atoms with Crippen LogP contribution in [0, 0.1) is 5.92 Å². The molecule has 4 amide bonds. The van der Waals surface area contributed by atoms with Crippen LogP contribution in [0.4, 0.5) is 10.5 Å². The summed E-state index contributed by atoms with van der Waals surface area (Å²) in [7, 11) is -4.33. The van der Waals surface area contributed by atoms with E-state index in [-0.39, 0.29) is 24.1 Å². The number of anilines is 1. The van der Waals surface area contributed by atoms with Gasteiger partial charge in [0.2, 0.25) is 11.8 Å². The van der Waals surface area contributed by atoms with E-state index in [0.29, 0.717) is 43.7 Å². The van der Waals surface area contributed by atoms with Crippen molar-refractivity contribution in [1.82, 2.24) is 20.3 Å². The largest absolute Gasteiger partial charge is 0.447 e. The molecule has 3 aliphatic rings. The van der Waals surface area contributed by atoms with Crippen molar-refractivity contribution in [3.05, 3.63) is 41.4 Å². The molecule has 1 aromatic carbocycles. The van der Waals surface area contributed by atoms with Crippen LogP contribution in [0.15, 0.2) is 36.4 Å². The summed E-state index contributed by atoms with van der Waals surface area (Å²) in [6, 6.07) is 4.18. The highest BCUT2D eigenvalue weighted by Gasteiger charge is 2.61. The molecule has 0 aromatic heterocycles. The molecule has 42 heavy (non-hydrogen) atoms. The van der Waals surface area contributed by atoms with Crippen LogP contribution < -0.4 is 20.1 Å². The van der Waals surface area contributed by atoms with Crippen molar-refractivity contribution < 1.29 is 32.3 Å². The normalized spacial score (nSPS) is 27.4. The van der Waals surface area contributed by atoms with Crippen LogP contribution >= 0.6 is 11.6 Å². The fraction of sp³-hybridized carbons (Fsp3) is 0.571. The summed E-state index contributed by atoms with van der Waals surface area (Å²) in [5, 5.41) is 5.87. The first kappa shape index (κ1) is 31.6. The van der Waals surface area contributed by atoms with Crippen molar-refractivity contribution in [3.8, 4) is 0 Å². The molecule has 4 N–H and O–H groups in total. The van der Waals surface area contributed by atoms with Crippen LogP contribution in [0.2, 0.25) is 5.02 Å². The van der Waals surface area contributed by atoms with Gasteiger partial charge in [-0.25, -0.2) is 9.52 Å². The second kappa shape index (κ2) is 13.3. The number of benzene rings is 1. The minimum absolute atomic E-state index is 0.205. The van der Waals surface area contributed by atoms with Crippen LogP contribution in [0.1, 0.15) is 65.2 Å². The van der Waals surface area contributed by atoms with Gasteiger partial charge in [0.1, 0.15) is 17.6 Å². The summed E-state index contributed by atoms with van der Waals surface area (Å²) < 4.78 is 35.1. The minimum atomic E-state index is -4.33. The van der Waals surface area contributed by atoms with Crippen molar-refractivity contribution >= 4 is 51.3 Å². The maximum Gasteiger partial charge on any atom is 0.408 e. The maximum absolute atomic E-state index is 13.6. The molecule has 1 aromatic rings. The molecular weight excluding hydrogens is 586 g/mol. The molecule has 4 rings (SSSR count). The van der Waals surface area contributed by atoms with E-state index in [4.69, 9.17) is 16.3 Å². The lowest BCUT2D eigenvalue weighted by Crippen LogP contribution is -2.58. The summed E-state index contributed by atoms with van der Waals surface area (Å²) >= 11 is 5.86. The second-order valence-electron chi connectivity index (χ2n) is 11.2. The molecule has 2 heterocycles. The van der Waals surface area contributed by atoms with E-state index in [1.807, 2.05) is 16.9 Å². The highest BCUT2D eigenvalue weighted by Crippen LogP contribution is 2.45. The number of amides is 4. The first-order valence-corrected chi connectivity index (χ1v) is 16.1. The molecule has 14 heteroatoms. The Hall–Kier alpha value is -3.32. The quantitative estimate of drug-likeness (QED) is 0.354. The van der Waals surface area contributed by atoms with Crippen LogP contribution in [0.5, 0.6) is 0 Å². The minimum Gasteiger partial charge on any atom is -0.447 e. The predicted octanol–water partition coefficient (Wildman–Crippen LogP) is 3.00. The molecule has 2 aliphatic heterocycles. The summed E-state index contributed by atoms with van der Waals surface area (Å²) in [5.74, 6) is -2.22. The van der Waals surface area contributed by atoms with Gasteiger partial charge in [-0.05, 0) is 76.6 Å². The van der Waals surface area contributed by atoms with Crippen molar-refractivity contribution in [3.63, 3.8) is 0 Å². The van der Waals surface area contributed by atoms with Crippen molar-refractivity contribution in [1.29, 1.82) is 0 Å². The monoisotopic (exact) mass is 623 g/mol. The predicted molar refractivity (Wildman–Crippen MR) is 157 cm³/mol. The molecule has 1 saturated carbocycles. The Kier molecular flexibility index (Phi) is 10.0. The Balaban J connectivity index is 1.53. The van der Waals surface area contributed by atoms with E-state index < -0.39 is 51.7 Å². The number of rotatable bonds is 6. The first-order valence-electron chi connectivity index (χ1n) is 14.3. The number of fused-ring (bicyclic) bond motifs is 2. The number of halogens is 1. The Bertz CT molecular complexity index is 1320. The number of nitrogens with zero attached hydrogens (tertiary/aromatic N) is 1. The lowest BCUT2D eigenvalue weighted by Gasteiger charge is -2.30. The van der Waals surface area contributed by atoms with E-state index in [2.05, 4.69) is 15.4 Å². The van der Waals surface area contributed by atoms with Gasteiger partial charge < -0.3 is 20.3 Å². The van der Waals surface area contributed by atoms with Gasteiger partial charge >= 0.3 is 16.3 Å². The molecule has 4 atom stereocenters. The van der Waals surface area contributed by atoms with Crippen molar-refractivity contribution in [2.45, 2.75) is 88.9 Å². The molecule has 230 valence electrons. The number of hydrogen-bond donors (Lipinski definition) is 4. The van der Waals surface area contributed by atoms with Crippen LogP contribution in [-0.2, 0) is 29.3 Å². The molecule has 0 spiro atoms. The van der Waals surface area contributed by atoms with E-state index in [1.165, 1.54) is 29.2 Å². The summed E-state index contributed by atoms with van der Waals surface area (Å²) in [5.41, 5.74) is -1.28. The number of nitrogens with one attached hydrogen (secondary N) is 4. The standard InChI is InChI=1S/C28H38ClN5O7S/c1-18(2)41-27(38)30-22-10-7-5-3-4-6-9-19-17-28(19,31-24(35)23-11-8-16-34(23)25(22)36)26(37)33-42(39,40)32-21-14-12-20(29)13-15-21/h6,9,12-15,18-19,22-23,32H,3-5,7-8,10-11,16-17H2,1-2H3,(H,30,38)(H,31,35)(H,33,37)/b9-6-/t19-,22-,23-,28+/m0/s1. The number of ether oxygens (including phenoxy) is 1. The topological polar surface area (TPSA) is 163 Å². The third kappa shape index (κ3) is 7.94. The second-order valence-corrected chi connectivity index (χ2v) is 13.1. The number of hydrogen-bond acceptors (Lipinski definition) is 7. The third-order valence-corrected chi connectivity index (χ3v) is 8.80. The zero-order chi connectivity index (χ0) is 30.5. The molecule has 0 radical (unpaired) electrons. The van der Waals surface area contributed by atoms with Crippen molar-refractivity contribution in [2.24, 2.45) is 5.92 Å². The van der Waals surface area contributed by atoms with Gasteiger partial charge in [0.15, 0.2) is 0 Å². The number of alkyl carbamates (subject to hydrolysis) is 1. The van der Waals surface area contributed by atoms with Gasteiger partial charge in [0.05, 0.1) is 11.8 Å². The molecule has 12 nitrogen and oxygen atoms in total. The maximum atomic E-state index is 13.6. The van der Waals surface area contributed by atoms with Gasteiger partial charge in [0, 0.05) is 17.5 Å². The average Bonchev–Trinajstić information content (AvgIpc) is 3.37. The number of carbonyl (C=O) groups excluding carboxylic acids is 4. The van der Waals surface area contributed by atoms with Gasteiger partial charge in [-0.2, -0.15) is 8.42 Å². The lowest BCUT2D eigenvalue weighted by atomic mass is 10.1. The Morgan fingerprint density at radius 2 is 1.83 bits per heavy atom. The molecule has 1 saturated heterocycles. The number of carbonyl (C=O) groups is 4. The SMILES string of the molecule is CC(C)OC(=O)N[C@H]1CCCCC/C=C\[C@H]2C[C@@]2(C(=O)NS(=O)(=O)Nc2ccc(Cl)cc2)NC(=O)[C@@H]2CCCN2C1=O. The zero-order valence-corrected chi connectivity index (χ0v) is 25.3. The zero-order valence-electron chi connectivity index (χ0n) is 23.7. The molecule has 2 fully saturated rings. The van der Waals surface area contributed by atoms with E-state index in [1.54, 1.807) is 13.8 Å². The van der Waals surface area contributed by atoms with E-state index in [9.17, 15) is 27.6 Å². The van der Waals surface area contributed by atoms with Gasteiger partial charge in [-0.15, -0.1) is 0 Å². The van der Waals surface area contributed by atoms with Crippen LogP contribution in [-0.4, -0.2) is 67.4 Å². The highest BCUT2D eigenvalue weighted by molar-refractivity contribution is 7.91. The fourth-order valence-corrected chi connectivity index (χ4v) is 6.45. The lowest BCUT2D eigenvalue weighted by molar-refractivity contribution is -0.141. The summed E-state index contributed by atoms with van der Waals surface area (Å²) in [6.07, 6.45) is 7.25. The Morgan fingerprint density at radius 3 is 2.55 bits per heavy atom. The summed E-state index contributed by atoms with van der Waals surface area (Å²) in [6.45, 7) is 3.74. The molecule has 1 aliphatic carbocycles. The fourth-order valence-electron chi connectivity index (χ4n) is 5.40. The smallest absolute Gasteiger partial charge is 0.408 e. The van der Waals surface area contributed by atoms with Crippen molar-refractivity contribution in [2.75, 3.05) is 11.3 Å². The summed E-state index contributed by atoms with van der Waals surface area (Å²) in [4.78, 5) is 54.4. The van der Waals surface area contributed by atoms with Crippen LogP contribution in [0.3, 0.4) is 0 Å². The first-order chi connectivity index (χ1) is 19.9. The van der Waals surface area contributed by atoms with E-state index >= 15 is 0 Å². The Morgan fingerprint density at radius 1 is 1.10 bits per heavy atom. The number of allylic oxidation sites excluding steroid dienone is 1. The molecular formula is C28H38ClN5O7S. The average molecular weight is 624 g/mol. The highest BCUT2D eigenvalue weighted by atomic mass is 35.5. The van der Waals surface area contributed by atoms with E-state index in [0.717, 1.165) is 12.8 Å². The van der Waals surface area contributed by atoms with Gasteiger partial charge in [-0.1, -0.05) is 36.6 Å². The van der Waals surface area contributed by atoms with Crippen LogP contribution in [0.25, 0.3) is 0 Å². The Labute approximate surface area is 251 Å². The molecule has 0 unspecified atom stereocenters. The van der Waals surface area contributed by atoms with Gasteiger partial charge in [-0.3, -0.25) is 19.1 Å². The third-order valence-electron chi connectivity index (χ3n) is 7.59. The molecule has 0 bridgehead atoms.